The second kappa shape index (κ2) is 10.4. The maximum absolute atomic E-state index is 12.3. The first kappa shape index (κ1) is 22.1. The van der Waals surface area contributed by atoms with Gasteiger partial charge in [0.25, 0.3) is 11.6 Å². The number of non-ortho nitro benzene ring substituents is 1. The molecule has 0 radical (unpaired) electrons. The second-order valence-electron chi connectivity index (χ2n) is 5.92. The Morgan fingerprint density at radius 1 is 1.13 bits per heavy atom. The average Bonchev–Trinajstić information content (AvgIpc) is 2.71. The first-order valence-corrected chi connectivity index (χ1v) is 8.64. The van der Waals surface area contributed by atoms with E-state index in [1.54, 1.807) is 30.3 Å². The summed E-state index contributed by atoms with van der Waals surface area (Å²) in [7, 11) is 1.34. The van der Waals surface area contributed by atoms with Crippen LogP contribution in [0.5, 0.6) is 5.75 Å². The first-order chi connectivity index (χ1) is 14.3. The molecule has 0 bridgehead atoms. The van der Waals surface area contributed by atoms with Crippen LogP contribution in [0.2, 0.25) is 0 Å². The summed E-state index contributed by atoms with van der Waals surface area (Å²) >= 11 is 0. The lowest BCUT2D eigenvalue weighted by Gasteiger charge is -2.11. The highest BCUT2D eigenvalue weighted by molar-refractivity contribution is 6.00. The molecule has 0 aliphatic heterocycles. The van der Waals surface area contributed by atoms with E-state index in [0.29, 0.717) is 5.56 Å². The van der Waals surface area contributed by atoms with Crippen LogP contribution in [-0.4, -0.2) is 36.4 Å². The van der Waals surface area contributed by atoms with Gasteiger partial charge in [0.1, 0.15) is 11.4 Å². The summed E-state index contributed by atoms with van der Waals surface area (Å²) in [5.41, 5.74) is 0.301. The smallest absolute Gasteiger partial charge is 0.355 e. The molecule has 156 valence electrons. The summed E-state index contributed by atoms with van der Waals surface area (Å²) in [6.45, 7) is 0.545. The lowest BCUT2D eigenvalue weighted by atomic mass is 10.2. The molecule has 0 atom stereocenters. The summed E-state index contributed by atoms with van der Waals surface area (Å²) in [4.78, 5) is 46.1. The van der Waals surface area contributed by atoms with Gasteiger partial charge in [0.15, 0.2) is 6.61 Å². The van der Waals surface area contributed by atoms with E-state index in [1.807, 2.05) is 0 Å². The molecule has 2 amide bonds. The van der Waals surface area contributed by atoms with Gasteiger partial charge < -0.3 is 20.1 Å². The van der Waals surface area contributed by atoms with Crippen molar-refractivity contribution in [2.45, 2.75) is 6.92 Å². The molecule has 0 unspecified atom stereocenters. The van der Waals surface area contributed by atoms with Crippen molar-refractivity contribution in [3.63, 3.8) is 0 Å². The molecule has 10 heteroatoms. The zero-order valence-corrected chi connectivity index (χ0v) is 16.2. The zero-order chi connectivity index (χ0) is 22.1. The maximum atomic E-state index is 12.3. The molecule has 10 nitrogen and oxygen atoms in total. The number of nitro groups is 1. The normalized spacial score (nSPS) is 10.7. The molecular formula is C20H19N3O7. The lowest BCUT2D eigenvalue weighted by molar-refractivity contribution is -0.384. The van der Waals surface area contributed by atoms with Crippen LogP contribution in [0, 0.1) is 10.1 Å². The zero-order valence-electron chi connectivity index (χ0n) is 16.2. The standard InChI is InChI=1S/C20H19N3O7/c1-13(24)21-17(10-14-6-4-3-5-7-14)20(26)30-12-19(25)22-16-11-15(23(27)28)8-9-18(16)29-2/h3-11H,12H2,1-2H3,(H,21,24)(H,22,25)/b17-10-. The molecule has 0 aromatic heterocycles. The van der Waals surface area contributed by atoms with Crippen molar-refractivity contribution in [3.8, 4) is 5.75 Å². The van der Waals surface area contributed by atoms with Gasteiger partial charge in [0.05, 0.1) is 17.7 Å². The van der Waals surface area contributed by atoms with Crippen molar-refractivity contribution in [1.82, 2.24) is 5.32 Å². The van der Waals surface area contributed by atoms with Crippen LogP contribution in [0.25, 0.3) is 6.08 Å². The molecule has 0 spiro atoms. The number of nitro benzene ring substituents is 1. The van der Waals surface area contributed by atoms with Gasteiger partial charge in [0, 0.05) is 19.1 Å². The van der Waals surface area contributed by atoms with E-state index in [9.17, 15) is 24.5 Å². The van der Waals surface area contributed by atoms with Crippen LogP contribution in [-0.2, 0) is 19.1 Å². The van der Waals surface area contributed by atoms with Crippen molar-refractivity contribution in [3.05, 3.63) is 69.9 Å². The van der Waals surface area contributed by atoms with E-state index in [1.165, 1.54) is 32.2 Å². The monoisotopic (exact) mass is 413 g/mol. The third-order valence-corrected chi connectivity index (χ3v) is 3.64. The first-order valence-electron chi connectivity index (χ1n) is 8.64. The number of carbonyl (C=O) groups excluding carboxylic acids is 3. The molecule has 2 rings (SSSR count). The molecule has 0 saturated carbocycles. The Morgan fingerprint density at radius 2 is 1.83 bits per heavy atom. The number of anilines is 1. The van der Waals surface area contributed by atoms with Gasteiger partial charge in [-0.05, 0) is 17.7 Å². The predicted octanol–water partition coefficient (Wildman–Crippen LogP) is 2.26. The van der Waals surface area contributed by atoms with Gasteiger partial charge in [-0.2, -0.15) is 0 Å². The lowest BCUT2D eigenvalue weighted by Crippen LogP contribution is -2.29. The van der Waals surface area contributed by atoms with Gasteiger partial charge >= 0.3 is 5.97 Å². The average molecular weight is 413 g/mol. The minimum Gasteiger partial charge on any atom is -0.495 e. The molecule has 2 aromatic rings. The summed E-state index contributed by atoms with van der Waals surface area (Å²) in [5, 5.41) is 15.7. The van der Waals surface area contributed by atoms with Gasteiger partial charge in [-0.25, -0.2) is 4.79 Å². The number of benzene rings is 2. The van der Waals surface area contributed by atoms with Crippen LogP contribution >= 0.6 is 0 Å². The number of hydrogen-bond donors (Lipinski definition) is 2. The highest BCUT2D eigenvalue weighted by Gasteiger charge is 2.17. The fourth-order valence-electron chi connectivity index (χ4n) is 2.35. The fourth-order valence-corrected chi connectivity index (χ4v) is 2.35. The Bertz CT molecular complexity index is 987. The molecular weight excluding hydrogens is 394 g/mol. The Hall–Kier alpha value is -4.21. The fraction of sp³-hybridized carbons (Fsp3) is 0.150. The number of hydrogen-bond acceptors (Lipinski definition) is 7. The van der Waals surface area contributed by atoms with Crippen molar-refractivity contribution >= 4 is 35.2 Å². The van der Waals surface area contributed by atoms with Crippen LogP contribution in [0.3, 0.4) is 0 Å². The van der Waals surface area contributed by atoms with Gasteiger partial charge in [0.2, 0.25) is 5.91 Å². The molecule has 0 aliphatic carbocycles. The van der Waals surface area contributed by atoms with Crippen molar-refractivity contribution in [2.75, 3.05) is 19.0 Å². The SMILES string of the molecule is COc1ccc([N+](=O)[O-])cc1NC(=O)COC(=O)/C(=C/c1ccccc1)NC(C)=O. The van der Waals surface area contributed by atoms with E-state index >= 15 is 0 Å². The number of nitrogens with one attached hydrogen (secondary N) is 2. The van der Waals surface area contributed by atoms with Crippen LogP contribution in [0.4, 0.5) is 11.4 Å². The number of carbonyl (C=O) groups is 3. The van der Waals surface area contributed by atoms with Gasteiger partial charge in [-0.15, -0.1) is 0 Å². The summed E-state index contributed by atoms with van der Waals surface area (Å²) < 4.78 is 10.0. The van der Waals surface area contributed by atoms with Crippen LogP contribution in [0.1, 0.15) is 12.5 Å². The van der Waals surface area contributed by atoms with E-state index in [2.05, 4.69) is 10.6 Å². The van der Waals surface area contributed by atoms with Crippen molar-refractivity contribution < 1.29 is 28.8 Å². The molecule has 0 aliphatic rings. The Labute approximate surface area is 171 Å². The maximum Gasteiger partial charge on any atom is 0.355 e. The number of nitrogens with zero attached hydrogens (tertiary/aromatic N) is 1. The Balaban J connectivity index is 2.07. The molecule has 2 N–H and O–H groups in total. The molecule has 0 fully saturated rings. The number of rotatable bonds is 8. The van der Waals surface area contributed by atoms with E-state index < -0.39 is 29.3 Å². The minimum absolute atomic E-state index is 0.0506. The summed E-state index contributed by atoms with van der Waals surface area (Å²) in [6.07, 6.45) is 1.41. The van der Waals surface area contributed by atoms with Crippen LogP contribution < -0.4 is 15.4 Å². The summed E-state index contributed by atoms with van der Waals surface area (Å²) in [6, 6.07) is 12.4. The highest BCUT2D eigenvalue weighted by atomic mass is 16.6. The van der Waals surface area contributed by atoms with Crippen LogP contribution in [0.15, 0.2) is 54.2 Å². The Kier molecular flexibility index (Phi) is 7.63. The molecule has 2 aromatic carbocycles. The number of ether oxygens (including phenoxy) is 2. The minimum atomic E-state index is -0.921. The quantitative estimate of drug-likeness (QED) is 0.293. The third kappa shape index (κ3) is 6.44. The topological polar surface area (TPSA) is 137 Å². The molecule has 30 heavy (non-hydrogen) atoms. The van der Waals surface area contributed by atoms with E-state index in [-0.39, 0.29) is 22.8 Å². The van der Waals surface area contributed by atoms with Gasteiger partial charge in [-0.3, -0.25) is 19.7 Å². The van der Waals surface area contributed by atoms with E-state index in [0.717, 1.165) is 6.07 Å². The molecule has 0 heterocycles. The summed E-state index contributed by atoms with van der Waals surface area (Å²) in [5.74, 6) is -1.96. The highest BCUT2D eigenvalue weighted by Crippen LogP contribution is 2.28. The second-order valence-corrected chi connectivity index (χ2v) is 5.92. The number of esters is 1. The van der Waals surface area contributed by atoms with Crippen molar-refractivity contribution in [1.29, 1.82) is 0 Å². The third-order valence-electron chi connectivity index (χ3n) is 3.64. The van der Waals surface area contributed by atoms with Gasteiger partial charge in [-0.1, -0.05) is 30.3 Å². The Morgan fingerprint density at radius 3 is 2.43 bits per heavy atom. The number of methoxy groups -OCH3 is 1. The van der Waals surface area contributed by atoms with Crippen molar-refractivity contribution in [2.24, 2.45) is 0 Å². The predicted molar refractivity (Wildman–Crippen MR) is 107 cm³/mol. The largest absolute Gasteiger partial charge is 0.495 e. The number of amides is 2. The molecule has 0 saturated heterocycles. The van der Waals surface area contributed by atoms with E-state index in [4.69, 9.17) is 9.47 Å².